The molecule has 2 amide bonds. The van der Waals surface area contributed by atoms with Crippen LogP contribution < -0.4 is 10.6 Å². The Bertz CT molecular complexity index is 616. The van der Waals surface area contributed by atoms with E-state index in [-0.39, 0.29) is 30.8 Å². The highest BCUT2D eigenvalue weighted by Crippen LogP contribution is 2.10. The predicted molar refractivity (Wildman–Crippen MR) is 101 cm³/mol. The Kier molecular flexibility index (Phi) is 8.78. The highest BCUT2D eigenvalue weighted by Gasteiger charge is 2.27. The summed E-state index contributed by atoms with van der Waals surface area (Å²) in [7, 11) is 2.97. The molecule has 0 unspecified atom stereocenters. The van der Waals surface area contributed by atoms with Crippen molar-refractivity contribution in [2.75, 3.05) is 32.6 Å². The van der Waals surface area contributed by atoms with Gasteiger partial charge in [0.05, 0.1) is 20.2 Å². The molecule has 0 saturated carbocycles. The van der Waals surface area contributed by atoms with Gasteiger partial charge in [0.15, 0.2) is 0 Å². The predicted octanol–water partition coefficient (Wildman–Crippen LogP) is 1.57. The number of nitrogens with one attached hydrogen (secondary N) is 2. The van der Waals surface area contributed by atoms with Crippen LogP contribution >= 0.6 is 0 Å². The van der Waals surface area contributed by atoms with Gasteiger partial charge >= 0.3 is 5.97 Å². The van der Waals surface area contributed by atoms with Crippen LogP contribution in [0.1, 0.15) is 25.8 Å². The maximum Gasteiger partial charge on any atom is 0.328 e. The van der Waals surface area contributed by atoms with Crippen LogP contribution in [0.15, 0.2) is 24.3 Å². The van der Waals surface area contributed by atoms with E-state index in [4.69, 9.17) is 4.74 Å². The number of likely N-dealkylation sites (N-methyl/N-ethyl adjacent to an activating group) is 1. The Morgan fingerprint density at radius 1 is 1.12 bits per heavy atom. The van der Waals surface area contributed by atoms with Crippen LogP contribution in [0, 0.1) is 12.8 Å². The van der Waals surface area contributed by atoms with Gasteiger partial charge in [-0.15, -0.1) is 0 Å². The first kappa shape index (κ1) is 21.6. The molecule has 0 bridgehead atoms. The summed E-state index contributed by atoms with van der Waals surface area (Å²) in [6.45, 7) is 5.85. The third-order valence-corrected chi connectivity index (χ3v) is 4.15. The molecule has 0 aliphatic rings. The van der Waals surface area contributed by atoms with Crippen molar-refractivity contribution in [1.29, 1.82) is 0 Å². The van der Waals surface area contributed by atoms with Crippen LogP contribution in [0.25, 0.3) is 0 Å². The Balaban J connectivity index is 2.50. The molecule has 1 aromatic rings. The molecule has 1 aromatic carbocycles. The minimum absolute atomic E-state index is 0.00520. The van der Waals surface area contributed by atoms with Gasteiger partial charge in [-0.25, -0.2) is 4.79 Å². The molecule has 0 fully saturated rings. The molecule has 0 spiro atoms. The molecular weight excluding hydrogens is 334 g/mol. The van der Waals surface area contributed by atoms with Gasteiger partial charge in [0.2, 0.25) is 11.8 Å². The number of anilines is 1. The van der Waals surface area contributed by atoms with Crippen LogP contribution in [-0.2, 0) is 19.1 Å². The van der Waals surface area contributed by atoms with Gasteiger partial charge in [0.25, 0.3) is 0 Å². The topological polar surface area (TPSA) is 87.7 Å². The van der Waals surface area contributed by atoms with E-state index < -0.39 is 12.0 Å². The number of hydrogen-bond acceptors (Lipinski definition) is 5. The summed E-state index contributed by atoms with van der Waals surface area (Å²) in [6, 6.07) is 6.79. The lowest BCUT2D eigenvalue weighted by Gasteiger charge is -2.23. The van der Waals surface area contributed by atoms with Crippen molar-refractivity contribution in [1.82, 2.24) is 10.2 Å². The lowest BCUT2D eigenvalue weighted by Crippen LogP contribution is -2.49. The van der Waals surface area contributed by atoms with Crippen molar-refractivity contribution in [2.45, 2.75) is 33.2 Å². The van der Waals surface area contributed by atoms with E-state index in [9.17, 15) is 14.4 Å². The van der Waals surface area contributed by atoms with Crippen LogP contribution in [-0.4, -0.2) is 56.0 Å². The maximum absolute atomic E-state index is 12.2. The molecule has 7 heteroatoms. The van der Waals surface area contributed by atoms with E-state index in [1.165, 1.54) is 7.11 Å². The molecule has 2 atom stereocenters. The fraction of sp³-hybridized carbons (Fsp3) is 0.526. The highest BCUT2D eigenvalue weighted by molar-refractivity contribution is 5.92. The summed E-state index contributed by atoms with van der Waals surface area (Å²) in [5.41, 5.74) is 1.82. The van der Waals surface area contributed by atoms with Gasteiger partial charge in [-0.05, 0) is 32.0 Å². The van der Waals surface area contributed by atoms with Gasteiger partial charge in [0, 0.05) is 5.69 Å². The van der Waals surface area contributed by atoms with Crippen LogP contribution in [0.5, 0.6) is 0 Å². The summed E-state index contributed by atoms with van der Waals surface area (Å²) >= 11 is 0. The molecule has 0 heterocycles. The van der Waals surface area contributed by atoms with E-state index in [1.807, 2.05) is 45.0 Å². The number of nitrogens with zero attached hydrogens (tertiary/aromatic N) is 1. The molecule has 0 saturated heterocycles. The zero-order valence-electron chi connectivity index (χ0n) is 16.2. The first-order valence-electron chi connectivity index (χ1n) is 8.69. The van der Waals surface area contributed by atoms with Crippen molar-refractivity contribution in [3.8, 4) is 0 Å². The van der Waals surface area contributed by atoms with E-state index in [2.05, 4.69) is 10.6 Å². The molecule has 26 heavy (non-hydrogen) atoms. The second-order valence-electron chi connectivity index (χ2n) is 6.54. The van der Waals surface area contributed by atoms with Crippen molar-refractivity contribution >= 4 is 23.5 Å². The molecule has 7 nitrogen and oxygen atoms in total. The first-order valence-corrected chi connectivity index (χ1v) is 8.69. The molecule has 1 rings (SSSR count). The number of carbonyl (C=O) groups is 3. The van der Waals surface area contributed by atoms with Gasteiger partial charge in [-0.2, -0.15) is 0 Å². The highest BCUT2D eigenvalue weighted by atomic mass is 16.5. The molecule has 0 aliphatic heterocycles. The average Bonchev–Trinajstić information content (AvgIpc) is 2.60. The molecular formula is C19H29N3O4. The number of amides is 2. The number of rotatable bonds is 9. The first-order chi connectivity index (χ1) is 12.3. The third-order valence-electron chi connectivity index (χ3n) is 4.15. The number of hydrogen-bond donors (Lipinski definition) is 2. The number of aryl methyl sites for hydroxylation is 1. The Morgan fingerprint density at radius 3 is 2.23 bits per heavy atom. The van der Waals surface area contributed by atoms with Crippen LogP contribution in [0.2, 0.25) is 0 Å². The van der Waals surface area contributed by atoms with Gasteiger partial charge < -0.3 is 15.4 Å². The summed E-state index contributed by atoms with van der Waals surface area (Å²) in [5.74, 6) is -1.05. The smallest absolute Gasteiger partial charge is 0.328 e. The van der Waals surface area contributed by atoms with Crippen LogP contribution in [0.4, 0.5) is 5.69 Å². The quantitative estimate of drug-likeness (QED) is 0.650. The van der Waals surface area contributed by atoms with Crippen molar-refractivity contribution in [3.05, 3.63) is 29.8 Å². The van der Waals surface area contributed by atoms with E-state index in [0.29, 0.717) is 5.69 Å². The Hall–Kier alpha value is -2.41. The number of ether oxygens (including phenoxy) is 1. The number of esters is 1. The molecule has 0 aromatic heterocycles. The summed E-state index contributed by atoms with van der Waals surface area (Å²) in [6.07, 6.45) is 0.731. The molecule has 0 aliphatic carbocycles. The van der Waals surface area contributed by atoms with Gasteiger partial charge in [0.1, 0.15) is 6.04 Å². The summed E-state index contributed by atoms with van der Waals surface area (Å²) in [5, 5.41) is 5.47. The van der Waals surface area contributed by atoms with E-state index in [0.717, 1.165) is 12.0 Å². The molecule has 144 valence electrons. The van der Waals surface area contributed by atoms with Crippen molar-refractivity contribution in [2.24, 2.45) is 5.92 Å². The van der Waals surface area contributed by atoms with Gasteiger partial charge in [-0.3, -0.25) is 14.5 Å². The zero-order chi connectivity index (χ0) is 19.7. The van der Waals surface area contributed by atoms with Gasteiger partial charge in [-0.1, -0.05) is 38.0 Å². The lowest BCUT2D eigenvalue weighted by molar-refractivity contribution is -0.146. The fourth-order valence-electron chi connectivity index (χ4n) is 2.40. The maximum atomic E-state index is 12.2. The van der Waals surface area contributed by atoms with Crippen molar-refractivity contribution in [3.63, 3.8) is 0 Å². The summed E-state index contributed by atoms with van der Waals surface area (Å²) < 4.78 is 4.75. The normalized spacial score (nSPS) is 13.0. The largest absolute Gasteiger partial charge is 0.467 e. The Morgan fingerprint density at radius 2 is 1.69 bits per heavy atom. The molecule has 2 N–H and O–H groups in total. The third kappa shape index (κ3) is 7.23. The SMILES string of the molecule is CC[C@H](C)[C@@H](NC(=O)CN(C)CC(=O)Nc1ccc(C)cc1)C(=O)OC. The second kappa shape index (κ2) is 10.6. The average molecular weight is 363 g/mol. The minimum atomic E-state index is -0.688. The second-order valence-corrected chi connectivity index (χ2v) is 6.54. The van der Waals surface area contributed by atoms with E-state index >= 15 is 0 Å². The van der Waals surface area contributed by atoms with Crippen LogP contribution in [0.3, 0.4) is 0 Å². The van der Waals surface area contributed by atoms with Crippen molar-refractivity contribution < 1.29 is 19.1 Å². The van der Waals surface area contributed by atoms with E-state index in [1.54, 1.807) is 11.9 Å². The standard InChI is InChI=1S/C19H29N3O4/c1-6-14(3)18(19(25)26-5)21-17(24)12-22(4)11-16(23)20-15-9-7-13(2)8-10-15/h7-10,14,18H,6,11-12H2,1-5H3,(H,20,23)(H,21,24)/t14-,18+/m0/s1. The Labute approximate surface area is 155 Å². The monoisotopic (exact) mass is 363 g/mol. The number of benzene rings is 1. The zero-order valence-corrected chi connectivity index (χ0v) is 16.2. The number of carbonyl (C=O) groups excluding carboxylic acids is 3. The summed E-state index contributed by atoms with van der Waals surface area (Å²) in [4.78, 5) is 37.7. The number of methoxy groups -OCH3 is 1. The molecule has 0 radical (unpaired) electrons. The fourth-order valence-corrected chi connectivity index (χ4v) is 2.40. The minimum Gasteiger partial charge on any atom is -0.467 e. The lowest BCUT2D eigenvalue weighted by atomic mass is 9.99.